The second-order valence-corrected chi connectivity index (χ2v) is 5.21. The molecule has 0 saturated carbocycles. The van der Waals surface area contributed by atoms with Gasteiger partial charge in [-0.2, -0.15) is 5.10 Å². The molecule has 3 heterocycles. The number of amides is 1. The molecule has 1 aliphatic heterocycles. The second kappa shape index (κ2) is 6.74. The third-order valence-corrected chi connectivity index (χ3v) is 3.53. The Balaban J connectivity index is 1.73. The molecule has 1 N–H and O–H groups in total. The van der Waals surface area contributed by atoms with E-state index in [0.717, 1.165) is 5.82 Å². The first-order valence-corrected chi connectivity index (χ1v) is 7.56. The zero-order valence-electron chi connectivity index (χ0n) is 13.2. The largest absolute Gasteiger partial charge is 0.478 e. The van der Waals surface area contributed by atoms with Crippen LogP contribution in [-0.2, 0) is 4.74 Å². The molecule has 23 heavy (non-hydrogen) atoms. The molecule has 1 amide bonds. The molecule has 0 aromatic carbocycles. The fourth-order valence-corrected chi connectivity index (χ4v) is 2.45. The lowest BCUT2D eigenvalue weighted by Gasteiger charge is -2.31. The number of aromatic nitrogens is 4. The monoisotopic (exact) mass is 317 g/mol. The van der Waals surface area contributed by atoms with E-state index in [0.29, 0.717) is 43.6 Å². The number of aryl methyl sites for hydroxylation is 1. The van der Waals surface area contributed by atoms with Gasteiger partial charge in [0, 0.05) is 24.4 Å². The van der Waals surface area contributed by atoms with Crippen LogP contribution in [0.1, 0.15) is 35.0 Å². The molecule has 1 atom stereocenters. The summed E-state index contributed by atoms with van der Waals surface area (Å²) in [6.45, 7) is 5.62. The normalized spacial score (nSPS) is 18.0. The highest BCUT2D eigenvalue weighted by Crippen LogP contribution is 2.21. The van der Waals surface area contributed by atoms with Gasteiger partial charge >= 0.3 is 0 Å². The predicted molar refractivity (Wildman–Crippen MR) is 81.1 cm³/mol. The first-order chi connectivity index (χ1) is 11.2. The summed E-state index contributed by atoms with van der Waals surface area (Å²) in [5, 5.41) is 6.91. The van der Waals surface area contributed by atoms with Gasteiger partial charge in [0.05, 0.1) is 19.8 Å². The summed E-state index contributed by atoms with van der Waals surface area (Å²) in [4.78, 5) is 22.8. The number of aromatic amines is 1. The lowest BCUT2D eigenvalue weighted by Crippen LogP contribution is -2.42. The Morgan fingerprint density at radius 1 is 1.57 bits per heavy atom. The molecule has 1 unspecified atom stereocenters. The Hall–Kier alpha value is -2.48. The molecule has 1 saturated heterocycles. The number of H-pyrrole nitrogens is 1. The van der Waals surface area contributed by atoms with Crippen molar-refractivity contribution in [3.8, 4) is 5.88 Å². The van der Waals surface area contributed by atoms with Crippen molar-refractivity contribution in [1.29, 1.82) is 0 Å². The molecule has 2 aromatic rings. The summed E-state index contributed by atoms with van der Waals surface area (Å²) in [6, 6.07) is 3.35. The van der Waals surface area contributed by atoms with E-state index in [4.69, 9.17) is 9.47 Å². The van der Waals surface area contributed by atoms with Crippen molar-refractivity contribution in [2.45, 2.75) is 20.0 Å². The minimum atomic E-state index is -0.314. The zero-order valence-corrected chi connectivity index (χ0v) is 13.2. The molecule has 122 valence electrons. The van der Waals surface area contributed by atoms with Gasteiger partial charge in [0.2, 0.25) is 5.88 Å². The Bertz CT molecular complexity index is 687. The molecular formula is C15H19N5O3. The van der Waals surface area contributed by atoms with Gasteiger partial charge in [-0.3, -0.25) is 9.89 Å². The average molecular weight is 317 g/mol. The number of carbonyl (C=O) groups is 1. The topological polar surface area (TPSA) is 93.2 Å². The van der Waals surface area contributed by atoms with Crippen LogP contribution in [0, 0.1) is 6.92 Å². The van der Waals surface area contributed by atoms with E-state index in [-0.39, 0.29) is 12.0 Å². The maximum absolute atomic E-state index is 12.7. The quantitative estimate of drug-likeness (QED) is 0.908. The number of pyridine rings is 1. The first kappa shape index (κ1) is 15.4. The summed E-state index contributed by atoms with van der Waals surface area (Å²) in [6.07, 6.45) is 1.26. The van der Waals surface area contributed by atoms with E-state index in [9.17, 15) is 4.79 Å². The van der Waals surface area contributed by atoms with Crippen LogP contribution < -0.4 is 4.74 Å². The first-order valence-electron chi connectivity index (χ1n) is 7.56. The fourth-order valence-electron chi connectivity index (χ4n) is 2.45. The van der Waals surface area contributed by atoms with Gasteiger partial charge in [-0.15, -0.1) is 0 Å². The van der Waals surface area contributed by atoms with Crippen LogP contribution in [0.3, 0.4) is 0 Å². The highest BCUT2D eigenvalue weighted by Gasteiger charge is 2.28. The minimum Gasteiger partial charge on any atom is -0.478 e. The summed E-state index contributed by atoms with van der Waals surface area (Å²) < 4.78 is 11.0. The third-order valence-electron chi connectivity index (χ3n) is 3.53. The summed E-state index contributed by atoms with van der Waals surface area (Å²) in [7, 11) is 0. The van der Waals surface area contributed by atoms with Gasteiger partial charge in [-0.05, 0) is 19.9 Å². The van der Waals surface area contributed by atoms with E-state index in [1.165, 1.54) is 0 Å². The van der Waals surface area contributed by atoms with Crippen molar-refractivity contribution >= 4 is 5.91 Å². The Labute approximate surface area is 133 Å². The summed E-state index contributed by atoms with van der Waals surface area (Å²) in [5.74, 6) is 1.67. The molecule has 3 rings (SSSR count). The maximum atomic E-state index is 12.7. The van der Waals surface area contributed by atoms with Gasteiger partial charge in [-0.1, -0.05) is 0 Å². The van der Waals surface area contributed by atoms with Gasteiger partial charge in [-0.25, -0.2) is 9.97 Å². The SMILES string of the molecule is CCOc1cc(C(=O)N2CCOC(c3n[nH]c(C)n3)C2)ccn1. The van der Waals surface area contributed by atoms with Gasteiger partial charge in [0.1, 0.15) is 11.9 Å². The molecule has 8 heteroatoms. The smallest absolute Gasteiger partial charge is 0.254 e. The molecule has 0 bridgehead atoms. The molecule has 1 fully saturated rings. The molecule has 0 spiro atoms. The van der Waals surface area contributed by atoms with Crippen molar-refractivity contribution in [2.24, 2.45) is 0 Å². The number of nitrogens with zero attached hydrogens (tertiary/aromatic N) is 4. The van der Waals surface area contributed by atoms with Crippen LogP contribution in [0.4, 0.5) is 0 Å². The predicted octanol–water partition coefficient (Wildman–Crippen LogP) is 1.12. The number of morpholine rings is 1. The zero-order chi connectivity index (χ0) is 16.2. The van der Waals surface area contributed by atoms with Crippen molar-refractivity contribution in [1.82, 2.24) is 25.1 Å². The van der Waals surface area contributed by atoms with Crippen LogP contribution in [-0.4, -0.2) is 57.3 Å². The molecule has 1 aliphatic rings. The maximum Gasteiger partial charge on any atom is 0.254 e. The number of hydrogen-bond acceptors (Lipinski definition) is 6. The second-order valence-electron chi connectivity index (χ2n) is 5.21. The van der Waals surface area contributed by atoms with Crippen LogP contribution in [0.15, 0.2) is 18.3 Å². The van der Waals surface area contributed by atoms with Gasteiger partial charge in [0.15, 0.2) is 5.82 Å². The third kappa shape index (κ3) is 3.48. The summed E-state index contributed by atoms with van der Waals surface area (Å²) >= 11 is 0. The fraction of sp³-hybridized carbons (Fsp3) is 0.467. The number of ether oxygens (including phenoxy) is 2. The lowest BCUT2D eigenvalue weighted by molar-refractivity contribution is -0.0266. The molecular weight excluding hydrogens is 298 g/mol. The molecule has 0 aliphatic carbocycles. The molecule has 8 nitrogen and oxygen atoms in total. The molecule has 0 radical (unpaired) electrons. The van der Waals surface area contributed by atoms with Crippen LogP contribution in [0.5, 0.6) is 5.88 Å². The number of rotatable bonds is 4. The average Bonchev–Trinajstić information content (AvgIpc) is 3.01. The minimum absolute atomic E-state index is 0.0751. The Morgan fingerprint density at radius 2 is 2.43 bits per heavy atom. The van der Waals surface area contributed by atoms with E-state index in [1.807, 2.05) is 13.8 Å². The highest BCUT2D eigenvalue weighted by molar-refractivity contribution is 5.94. The van der Waals surface area contributed by atoms with Crippen molar-refractivity contribution in [3.63, 3.8) is 0 Å². The van der Waals surface area contributed by atoms with Crippen molar-refractivity contribution in [3.05, 3.63) is 35.5 Å². The lowest BCUT2D eigenvalue weighted by atomic mass is 10.2. The van der Waals surface area contributed by atoms with Gasteiger partial charge in [0.25, 0.3) is 5.91 Å². The Morgan fingerprint density at radius 3 is 3.17 bits per heavy atom. The van der Waals surface area contributed by atoms with E-state index in [1.54, 1.807) is 23.2 Å². The van der Waals surface area contributed by atoms with E-state index in [2.05, 4.69) is 20.2 Å². The van der Waals surface area contributed by atoms with E-state index < -0.39 is 0 Å². The van der Waals surface area contributed by atoms with Crippen molar-refractivity contribution in [2.75, 3.05) is 26.3 Å². The van der Waals surface area contributed by atoms with E-state index >= 15 is 0 Å². The van der Waals surface area contributed by atoms with Gasteiger partial charge < -0.3 is 14.4 Å². The number of carbonyl (C=O) groups excluding carboxylic acids is 1. The summed E-state index contributed by atoms with van der Waals surface area (Å²) in [5.41, 5.74) is 0.551. The Kier molecular flexibility index (Phi) is 4.52. The molecule has 2 aromatic heterocycles. The highest BCUT2D eigenvalue weighted by atomic mass is 16.5. The number of nitrogens with one attached hydrogen (secondary N) is 1. The van der Waals surface area contributed by atoms with Crippen molar-refractivity contribution < 1.29 is 14.3 Å². The number of hydrogen-bond donors (Lipinski definition) is 1. The van der Waals surface area contributed by atoms with Crippen LogP contribution >= 0.6 is 0 Å². The van der Waals surface area contributed by atoms with Crippen LogP contribution in [0.25, 0.3) is 0 Å². The standard InChI is InChI=1S/C15H19N5O3/c1-3-22-13-8-11(4-5-16-13)15(21)20-6-7-23-12(9-20)14-17-10(2)18-19-14/h4-5,8,12H,3,6-7,9H2,1-2H3,(H,17,18,19). The van der Waals surface area contributed by atoms with Crippen LogP contribution in [0.2, 0.25) is 0 Å².